The number of carbonyl (C=O) groups is 6. The number of hydrogen-bond donors (Lipinski definition) is 3. The molecule has 0 radical (unpaired) electrons. The van der Waals surface area contributed by atoms with Gasteiger partial charge in [-0.3, -0.25) is 24.0 Å². The van der Waals surface area contributed by atoms with E-state index in [2.05, 4.69) is 0 Å². The van der Waals surface area contributed by atoms with Gasteiger partial charge in [0.25, 0.3) is 0 Å². The summed E-state index contributed by atoms with van der Waals surface area (Å²) in [6.07, 6.45) is -9.53. The van der Waals surface area contributed by atoms with Gasteiger partial charge in [0.05, 0.1) is 17.1 Å². The van der Waals surface area contributed by atoms with Crippen LogP contribution in [0, 0.1) is 16.7 Å². The maximum Gasteiger partial charge on any atom is 0.338 e. The Morgan fingerprint density at radius 2 is 1.41 bits per heavy atom. The molecule has 2 saturated carbocycles. The van der Waals surface area contributed by atoms with Gasteiger partial charge in [-0.05, 0) is 37.1 Å². The first-order valence-electron chi connectivity index (χ1n) is 15.9. The van der Waals surface area contributed by atoms with Gasteiger partial charge in [-0.1, -0.05) is 32.0 Å². The van der Waals surface area contributed by atoms with Gasteiger partial charge in [-0.15, -0.1) is 0 Å². The fourth-order valence-corrected chi connectivity index (χ4v) is 8.06. The second-order valence-electron chi connectivity index (χ2n) is 13.9. The molecule has 2 fully saturated rings. The Balaban J connectivity index is 2.18. The van der Waals surface area contributed by atoms with Crippen LogP contribution in [0.15, 0.2) is 41.5 Å². The number of ketones is 1. The molecule has 0 spiro atoms. The van der Waals surface area contributed by atoms with E-state index in [4.69, 9.17) is 23.7 Å². The summed E-state index contributed by atoms with van der Waals surface area (Å²) in [5.41, 5.74) is -8.60. The van der Waals surface area contributed by atoms with Crippen molar-refractivity contribution < 1.29 is 67.8 Å². The molecule has 4 rings (SSSR count). The summed E-state index contributed by atoms with van der Waals surface area (Å²) in [7, 11) is 0. The Hall–Kier alpha value is -4.14. The lowest BCUT2D eigenvalue weighted by Gasteiger charge is -2.64. The van der Waals surface area contributed by atoms with Gasteiger partial charge < -0.3 is 39.0 Å². The van der Waals surface area contributed by atoms with E-state index in [9.17, 15) is 39.3 Å². The standard InChI is InChI=1S/C35H44O14/c1-17-23(46-19(3)37)15-35(44)30(49-31(42)22-12-10-9-11-13-22)28-33(8,29(41)27(48-21(5)39)26(17)32(35,6)7)25(47-20(4)38)14-24(40)34(28,43)16-45-18(2)36/h9-13,23-25,27-28,30,40,43-44H,14-16H2,1-8H3/t23-,24-,25-,27+,28-,30-,33+,34-,35+/m0/s1. The highest BCUT2D eigenvalue weighted by molar-refractivity contribution is 5.95. The number of hydrogen-bond acceptors (Lipinski definition) is 14. The monoisotopic (exact) mass is 688 g/mol. The molecule has 49 heavy (non-hydrogen) atoms. The Morgan fingerprint density at radius 3 is 1.94 bits per heavy atom. The molecule has 3 N–H and O–H groups in total. The van der Waals surface area contributed by atoms with Crippen molar-refractivity contribution in [1.82, 2.24) is 0 Å². The number of esters is 5. The molecule has 1 aromatic rings. The Kier molecular flexibility index (Phi) is 10.2. The third-order valence-corrected chi connectivity index (χ3v) is 10.5. The van der Waals surface area contributed by atoms with Gasteiger partial charge in [-0.2, -0.15) is 0 Å². The Labute approximate surface area is 283 Å². The van der Waals surface area contributed by atoms with Crippen molar-refractivity contribution in [3.63, 3.8) is 0 Å². The van der Waals surface area contributed by atoms with Gasteiger partial charge in [0.2, 0.25) is 0 Å². The summed E-state index contributed by atoms with van der Waals surface area (Å²) in [6.45, 7) is 9.22. The number of ether oxygens (including phenoxy) is 5. The third kappa shape index (κ3) is 6.37. The Morgan fingerprint density at radius 1 is 0.837 bits per heavy atom. The van der Waals surface area contributed by atoms with Crippen molar-refractivity contribution in [3.05, 3.63) is 47.0 Å². The number of rotatable bonds is 7. The molecule has 14 heteroatoms. The first kappa shape index (κ1) is 37.7. The van der Waals surface area contributed by atoms with E-state index in [1.807, 2.05) is 0 Å². The largest absolute Gasteiger partial charge is 0.463 e. The van der Waals surface area contributed by atoms with Gasteiger partial charge >= 0.3 is 29.8 Å². The molecule has 0 aliphatic heterocycles. The summed E-state index contributed by atoms with van der Waals surface area (Å²) in [5, 5.41) is 37.4. The van der Waals surface area contributed by atoms with Crippen LogP contribution in [0.4, 0.5) is 0 Å². The minimum atomic E-state index is -2.66. The van der Waals surface area contributed by atoms with Crippen molar-refractivity contribution in [1.29, 1.82) is 0 Å². The maximum absolute atomic E-state index is 15.2. The van der Waals surface area contributed by atoms with Crippen molar-refractivity contribution in [2.75, 3.05) is 6.61 Å². The lowest BCUT2D eigenvalue weighted by atomic mass is 9.45. The molecule has 9 atom stereocenters. The second kappa shape index (κ2) is 13.3. The van der Waals surface area contributed by atoms with Crippen LogP contribution in [0.5, 0.6) is 0 Å². The van der Waals surface area contributed by atoms with E-state index >= 15 is 4.79 Å². The normalized spacial score (nSPS) is 35.1. The fraction of sp³-hybridized carbons (Fsp3) is 0.600. The average Bonchev–Trinajstić information content (AvgIpc) is 2.99. The lowest BCUT2D eigenvalue weighted by molar-refractivity contribution is -0.288. The summed E-state index contributed by atoms with van der Waals surface area (Å²) < 4.78 is 28.3. The van der Waals surface area contributed by atoms with E-state index in [1.54, 1.807) is 25.1 Å². The van der Waals surface area contributed by atoms with Gasteiger partial charge in [0.15, 0.2) is 11.9 Å². The molecule has 0 amide bonds. The minimum Gasteiger partial charge on any atom is -0.463 e. The van der Waals surface area contributed by atoms with E-state index in [0.717, 1.165) is 27.7 Å². The van der Waals surface area contributed by atoms with Crippen LogP contribution >= 0.6 is 0 Å². The molecule has 3 aliphatic rings. The van der Waals surface area contributed by atoms with E-state index in [-0.39, 0.29) is 16.7 Å². The quantitative estimate of drug-likeness (QED) is 0.212. The molecule has 0 aromatic heterocycles. The number of carbonyl (C=O) groups excluding carboxylic acids is 6. The smallest absolute Gasteiger partial charge is 0.338 e. The highest BCUT2D eigenvalue weighted by atomic mass is 16.6. The van der Waals surface area contributed by atoms with Crippen LogP contribution in [-0.4, -0.2) is 99.3 Å². The highest BCUT2D eigenvalue weighted by Crippen LogP contribution is 2.62. The summed E-state index contributed by atoms with van der Waals surface area (Å²) >= 11 is 0. The third-order valence-electron chi connectivity index (χ3n) is 10.5. The number of aliphatic hydroxyl groups excluding tert-OH is 1. The number of fused-ring (bicyclic) bond motifs is 3. The highest BCUT2D eigenvalue weighted by Gasteiger charge is 2.75. The first-order valence-corrected chi connectivity index (χ1v) is 15.9. The zero-order valence-corrected chi connectivity index (χ0v) is 28.8. The molecule has 0 saturated heterocycles. The number of Topliss-reactive ketones (excluding diaryl/α,β-unsaturated/α-hetero) is 1. The SMILES string of the molecule is CC(=O)OC[C@@]1(O)[C@H]2[C@H](OC(=O)c3ccccc3)[C@]3(O)C[C@H](OC(C)=O)C(C)=C([C@@H](OC(C)=O)C(=O)[C@]2(C)[C@@H](OC(C)=O)C[C@@H]1O)C3(C)C. The van der Waals surface area contributed by atoms with E-state index in [0.29, 0.717) is 0 Å². The van der Waals surface area contributed by atoms with Crippen molar-refractivity contribution in [2.24, 2.45) is 16.7 Å². The van der Waals surface area contributed by atoms with Crippen LogP contribution in [0.1, 0.15) is 78.6 Å². The molecular weight excluding hydrogens is 644 g/mol. The second-order valence-corrected chi connectivity index (χ2v) is 13.9. The van der Waals surface area contributed by atoms with Gasteiger partial charge in [0.1, 0.15) is 36.1 Å². The fourth-order valence-electron chi connectivity index (χ4n) is 8.06. The topological polar surface area (TPSA) is 209 Å². The van der Waals surface area contributed by atoms with Crippen LogP contribution in [-0.2, 0) is 47.7 Å². The van der Waals surface area contributed by atoms with Gasteiger partial charge in [0, 0.05) is 51.9 Å². The number of benzene rings is 1. The zero-order chi connectivity index (χ0) is 36.9. The molecule has 3 aliphatic carbocycles. The molecular formula is C35H44O14. The first-order chi connectivity index (χ1) is 22.6. The predicted octanol–water partition coefficient (Wildman–Crippen LogP) is 1.75. The molecule has 14 nitrogen and oxygen atoms in total. The molecule has 2 bridgehead atoms. The van der Waals surface area contributed by atoms with Crippen molar-refractivity contribution >= 4 is 35.6 Å². The Bertz CT molecular complexity index is 1560. The van der Waals surface area contributed by atoms with Gasteiger partial charge in [-0.25, -0.2) is 4.79 Å². The predicted molar refractivity (Wildman–Crippen MR) is 167 cm³/mol. The van der Waals surface area contributed by atoms with E-state index < -0.39 is 114 Å². The van der Waals surface area contributed by atoms with Crippen molar-refractivity contribution in [3.8, 4) is 0 Å². The molecule has 1 aromatic carbocycles. The number of aliphatic hydroxyl groups is 3. The van der Waals surface area contributed by atoms with Crippen LogP contribution in [0.2, 0.25) is 0 Å². The van der Waals surface area contributed by atoms with E-state index in [1.165, 1.54) is 32.9 Å². The average molecular weight is 689 g/mol. The van der Waals surface area contributed by atoms with Crippen LogP contribution < -0.4 is 0 Å². The molecule has 268 valence electrons. The lowest BCUT2D eigenvalue weighted by Crippen LogP contribution is -2.78. The zero-order valence-electron chi connectivity index (χ0n) is 28.8. The van der Waals surface area contributed by atoms with Crippen LogP contribution in [0.3, 0.4) is 0 Å². The maximum atomic E-state index is 15.2. The minimum absolute atomic E-state index is 0.0208. The molecule has 0 unspecified atom stereocenters. The summed E-state index contributed by atoms with van der Waals surface area (Å²) in [6, 6.07) is 7.64. The molecule has 0 heterocycles. The summed E-state index contributed by atoms with van der Waals surface area (Å²) in [4.78, 5) is 78.8. The van der Waals surface area contributed by atoms with Crippen LogP contribution in [0.25, 0.3) is 0 Å². The van der Waals surface area contributed by atoms with Crippen molar-refractivity contribution in [2.45, 2.75) is 110 Å². The summed E-state index contributed by atoms with van der Waals surface area (Å²) in [5.74, 6) is -7.27.